The van der Waals surface area contributed by atoms with Crippen LogP contribution in [0.4, 0.5) is 4.79 Å². The highest BCUT2D eigenvalue weighted by atomic mass is 16.2. The lowest BCUT2D eigenvalue weighted by atomic mass is 9.94. The lowest BCUT2D eigenvalue weighted by Gasteiger charge is -2.40. The van der Waals surface area contributed by atoms with E-state index in [-0.39, 0.29) is 0 Å². The maximum atomic E-state index is 12.7. The lowest BCUT2D eigenvalue weighted by Crippen LogP contribution is -2.51. The van der Waals surface area contributed by atoms with Gasteiger partial charge in [0.15, 0.2) is 0 Å². The number of likely N-dealkylation sites (tertiary alicyclic amines) is 2. The summed E-state index contributed by atoms with van der Waals surface area (Å²) in [7, 11) is 0. The summed E-state index contributed by atoms with van der Waals surface area (Å²) in [5, 5.41) is 0. The average Bonchev–Trinajstić information content (AvgIpc) is 2.69. The number of carbonyl (C=O) groups excluding carboxylic acids is 1. The second-order valence-electron chi connectivity index (χ2n) is 8.29. The molecule has 5 nitrogen and oxygen atoms in total. The molecular formula is C20H38N4O. The molecule has 0 atom stereocenters. The van der Waals surface area contributed by atoms with E-state index in [4.69, 9.17) is 0 Å². The number of piperazine rings is 1. The predicted molar refractivity (Wildman–Crippen MR) is 103 cm³/mol. The Morgan fingerprint density at radius 2 is 1.20 bits per heavy atom. The summed E-state index contributed by atoms with van der Waals surface area (Å²) < 4.78 is 0. The molecule has 3 rings (SSSR count). The van der Waals surface area contributed by atoms with Crippen molar-refractivity contribution in [3.05, 3.63) is 0 Å². The molecule has 0 aliphatic carbocycles. The molecule has 0 aromatic rings. The number of amides is 2. The molecule has 3 aliphatic heterocycles. The van der Waals surface area contributed by atoms with Crippen molar-refractivity contribution in [2.75, 3.05) is 65.4 Å². The van der Waals surface area contributed by atoms with Crippen LogP contribution in [0.1, 0.15) is 46.0 Å². The standard InChI is InChI=1S/C20H38N4O/c1-3-18-5-9-23(10-6-18)20(25)24-11-7-19(8-12-24)17-22-15-13-21(4-2)14-16-22/h18-19H,3-17H2,1-2H3. The Labute approximate surface area is 154 Å². The van der Waals surface area contributed by atoms with Crippen LogP contribution >= 0.6 is 0 Å². The van der Waals surface area contributed by atoms with Gasteiger partial charge in [0.25, 0.3) is 0 Å². The highest BCUT2D eigenvalue weighted by Crippen LogP contribution is 2.24. The molecule has 0 N–H and O–H groups in total. The molecule has 25 heavy (non-hydrogen) atoms. The molecule has 0 radical (unpaired) electrons. The van der Waals surface area contributed by atoms with Crippen LogP contribution in [0.2, 0.25) is 0 Å². The molecule has 0 spiro atoms. The van der Waals surface area contributed by atoms with Crippen molar-refractivity contribution in [3.63, 3.8) is 0 Å². The van der Waals surface area contributed by atoms with Gasteiger partial charge in [-0.15, -0.1) is 0 Å². The van der Waals surface area contributed by atoms with Gasteiger partial charge >= 0.3 is 6.03 Å². The van der Waals surface area contributed by atoms with E-state index in [1.807, 2.05) is 0 Å². The number of hydrogen-bond donors (Lipinski definition) is 0. The van der Waals surface area contributed by atoms with Crippen LogP contribution < -0.4 is 0 Å². The molecule has 0 unspecified atom stereocenters. The van der Waals surface area contributed by atoms with Crippen LogP contribution in [-0.4, -0.2) is 91.1 Å². The summed E-state index contributed by atoms with van der Waals surface area (Å²) in [6, 6.07) is 0.310. The number of urea groups is 1. The Morgan fingerprint density at radius 3 is 1.68 bits per heavy atom. The molecule has 0 aromatic carbocycles. The molecule has 0 saturated carbocycles. The van der Waals surface area contributed by atoms with Gasteiger partial charge in [0.2, 0.25) is 0 Å². The fraction of sp³-hybridized carbons (Fsp3) is 0.950. The van der Waals surface area contributed by atoms with E-state index in [2.05, 4.69) is 33.4 Å². The second-order valence-corrected chi connectivity index (χ2v) is 8.29. The van der Waals surface area contributed by atoms with Crippen LogP contribution in [0.5, 0.6) is 0 Å². The molecule has 3 heterocycles. The minimum absolute atomic E-state index is 0.310. The summed E-state index contributed by atoms with van der Waals surface area (Å²) in [5.74, 6) is 1.62. The second kappa shape index (κ2) is 9.22. The topological polar surface area (TPSA) is 30.0 Å². The smallest absolute Gasteiger partial charge is 0.319 e. The number of likely N-dealkylation sites (N-methyl/N-ethyl adjacent to an activating group) is 1. The Morgan fingerprint density at radius 1 is 0.720 bits per heavy atom. The van der Waals surface area contributed by atoms with Crippen LogP contribution in [0.15, 0.2) is 0 Å². The fourth-order valence-corrected chi connectivity index (χ4v) is 4.69. The first-order valence-electron chi connectivity index (χ1n) is 10.7. The minimum Gasteiger partial charge on any atom is -0.325 e. The maximum absolute atomic E-state index is 12.7. The third-order valence-corrected chi connectivity index (χ3v) is 6.78. The van der Waals surface area contributed by atoms with Gasteiger partial charge in [-0.25, -0.2) is 4.79 Å². The number of rotatable bonds is 4. The van der Waals surface area contributed by atoms with Crippen LogP contribution in [0, 0.1) is 11.8 Å². The van der Waals surface area contributed by atoms with E-state index in [1.54, 1.807) is 0 Å². The van der Waals surface area contributed by atoms with Gasteiger partial charge in [0.1, 0.15) is 0 Å². The fourth-order valence-electron chi connectivity index (χ4n) is 4.69. The van der Waals surface area contributed by atoms with Crippen molar-refractivity contribution < 1.29 is 4.79 Å². The molecule has 0 aromatic heterocycles. The van der Waals surface area contributed by atoms with Gasteiger partial charge in [-0.3, -0.25) is 0 Å². The zero-order valence-corrected chi connectivity index (χ0v) is 16.5. The lowest BCUT2D eigenvalue weighted by molar-refractivity contribution is 0.0900. The third-order valence-electron chi connectivity index (χ3n) is 6.78. The van der Waals surface area contributed by atoms with Crippen molar-refractivity contribution in [1.82, 2.24) is 19.6 Å². The number of carbonyl (C=O) groups is 1. The molecule has 3 saturated heterocycles. The zero-order chi connectivity index (χ0) is 17.6. The monoisotopic (exact) mass is 350 g/mol. The molecule has 3 aliphatic rings. The van der Waals surface area contributed by atoms with Crippen molar-refractivity contribution >= 4 is 6.03 Å². The Hall–Kier alpha value is -0.810. The summed E-state index contributed by atoms with van der Waals surface area (Å²) >= 11 is 0. The van der Waals surface area contributed by atoms with Crippen molar-refractivity contribution in [2.45, 2.75) is 46.0 Å². The van der Waals surface area contributed by atoms with Crippen LogP contribution in [0.3, 0.4) is 0 Å². The predicted octanol–water partition coefficient (Wildman–Crippen LogP) is 2.58. The molecule has 5 heteroatoms. The van der Waals surface area contributed by atoms with Gasteiger partial charge in [0, 0.05) is 58.9 Å². The van der Waals surface area contributed by atoms with Crippen molar-refractivity contribution in [2.24, 2.45) is 11.8 Å². The first-order chi connectivity index (χ1) is 12.2. The first-order valence-corrected chi connectivity index (χ1v) is 10.7. The Bertz CT molecular complexity index is 406. The molecule has 2 amide bonds. The molecule has 144 valence electrons. The highest BCUT2D eigenvalue weighted by Gasteiger charge is 2.29. The Balaban J connectivity index is 1.36. The van der Waals surface area contributed by atoms with Gasteiger partial charge in [0.05, 0.1) is 0 Å². The summed E-state index contributed by atoms with van der Waals surface area (Å²) in [6.07, 6.45) is 6.03. The van der Waals surface area contributed by atoms with Gasteiger partial charge < -0.3 is 19.6 Å². The third kappa shape index (κ3) is 5.10. The highest BCUT2D eigenvalue weighted by molar-refractivity contribution is 5.74. The number of nitrogens with zero attached hydrogens (tertiary/aromatic N) is 4. The van der Waals surface area contributed by atoms with E-state index < -0.39 is 0 Å². The van der Waals surface area contributed by atoms with E-state index in [0.717, 1.165) is 38.0 Å². The average molecular weight is 351 g/mol. The SMILES string of the molecule is CCC1CCN(C(=O)N2CCC(CN3CCN(CC)CC3)CC2)CC1. The van der Waals surface area contributed by atoms with Crippen molar-refractivity contribution in [3.8, 4) is 0 Å². The normalized spacial score (nSPS) is 25.5. The zero-order valence-electron chi connectivity index (χ0n) is 16.5. The molecule has 3 fully saturated rings. The summed E-state index contributed by atoms with van der Waals surface area (Å²) in [4.78, 5) is 22.2. The first kappa shape index (κ1) is 19.0. The van der Waals surface area contributed by atoms with Crippen molar-refractivity contribution in [1.29, 1.82) is 0 Å². The van der Waals surface area contributed by atoms with E-state index in [9.17, 15) is 4.79 Å². The minimum atomic E-state index is 0.310. The molecule has 0 bridgehead atoms. The largest absolute Gasteiger partial charge is 0.325 e. The van der Waals surface area contributed by atoms with E-state index in [1.165, 1.54) is 71.4 Å². The Kier molecular flexibility index (Phi) is 7.00. The van der Waals surface area contributed by atoms with Crippen LogP contribution in [0.25, 0.3) is 0 Å². The van der Waals surface area contributed by atoms with Crippen LogP contribution in [-0.2, 0) is 0 Å². The number of hydrogen-bond acceptors (Lipinski definition) is 3. The van der Waals surface area contributed by atoms with Gasteiger partial charge in [-0.1, -0.05) is 20.3 Å². The van der Waals surface area contributed by atoms with Gasteiger partial charge in [-0.05, 0) is 44.1 Å². The maximum Gasteiger partial charge on any atom is 0.319 e. The molecular weight excluding hydrogens is 312 g/mol. The number of piperidine rings is 2. The summed E-state index contributed by atoms with van der Waals surface area (Å²) in [6.45, 7) is 15.7. The van der Waals surface area contributed by atoms with E-state index in [0.29, 0.717) is 6.03 Å². The van der Waals surface area contributed by atoms with Gasteiger partial charge in [-0.2, -0.15) is 0 Å². The van der Waals surface area contributed by atoms with E-state index >= 15 is 0 Å². The summed E-state index contributed by atoms with van der Waals surface area (Å²) in [5.41, 5.74) is 0. The quantitative estimate of drug-likeness (QED) is 0.781.